The average Bonchev–Trinajstić information content (AvgIpc) is 3.43. The second-order valence-corrected chi connectivity index (χ2v) is 7.78. The lowest BCUT2D eigenvalue weighted by Gasteiger charge is -2.14. The summed E-state index contributed by atoms with van der Waals surface area (Å²) in [6, 6.07) is 16.7. The molecule has 0 radical (unpaired) electrons. The van der Waals surface area contributed by atoms with E-state index in [-0.39, 0.29) is 12.5 Å². The molecule has 1 aliphatic rings. The van der Waals surface area contributed by atoms with E-state index in [0.29, 0.717) is 33.1 Å². The molecule has 0 unspecified atom stereocenters. The van der Waals surface area contributed by atoms with E-state index in [0.717, 1.165) is 11.3 Å². The minimum atomic E-state index is -0.158. The van der Waals surface area contributed by atoms with E-state index in [2.05, 4.69) is 4.99 Å². The third-order valence-corrected chi connectivity index (χ3v) is 5.75. The number of rotatable bonds is 7. The molecule has 8 heteroatoms. The monoisotopic (exact) mass is 450 g/mol. The molecule has 2 aromatic carbocycles. The van der Waals surface area contributed by atoms with E-state index in [1.807, 2.05) is 36.4 Å². The SMILES string of the molecule is COc1cc(/C=C2\SC(=Nc3ccccc3)N(Cc3ccco3)C2=O)cc(OC)c1OC. The molecule has 32 heavy (non-hydrogen) atoms. The Hall–Kier alpha value is -3.65. The van der Waals surface area contributed by atoms with Crippen molar-refractivity contribution in [1.29, 1.82) is 0 Å². The van der Waals surface area contributed by atoms with Crippen LogP contribution in [0.5, 0.6) is 17.2 Å². The maximum Gasteiger partial charge on any atom is 0.267 e. The van der Waals surface area contributed by atoms with Crippen molar-refractivity contribution in [1.82, 2.24) is 4.90 Å². The van der Waals surface area contributed by atoms with Crippen LogP contribution in [-0.2, 0) is 11.3 Å². The van der Waals surface area contributed by atoms with E-state index in [4.69, 9.17) is 18.6 Å². The molecule has 3 aromatic rings. The first kappa shape index (κ1) is 21.6. The van der Waals surface area contributed by atoms with Crippen LogP contribution in [0.25, 0.3) is 6.08 Å². The molecule has 0 spiro atoms. The average molecular weight is 451 g/mol. The third-order valence-electron chi connectivity index (χ3n) is 4.75. The van der Waals surface area contributed by atoms with Gasteiger partial charge >= 0.3 is 0 Å². The number of para-hydroxylation sites is 1. The maximum absolute atomic E-state index is 13.3. The van der Waals surface area contributed by atoms with Crippen molar-refractivity contribution < 1.29 is 23.4 Å². The van der Waals surface area contributed by atoms with E-state index in [9.17, 15) is 4.79 Å². The van der Waals surface area contributed by atoms with Crippen molar-refractivity contribution in [2.45, 2.75) is 6.54 Å². The van der Waals surface area contributed by atoms with Gasteiger partial charge in [0.1, 0.15) is 5.76 Å². The summed E-state index contributed by atoms with van der Waals surface area (Å²) in [5.74, 6) is 2.04. The molecule has 0 N–H and O–H groups in total. The van der Waals surface area contributed by atoms with E-state index < -0.39 is 0 Å². The maximum atomic E-state index is 13.3. The summed E-state index contributed by atoms with van der Waals surface area (Å²) in [7, 11) is 4.66. The molecule has 1 amide bonds. The molecule has 0 saturated carbocycles. The van der Waals surface area contributed by atoms with Crippen molar-refractivity contribution in [3.63, 3.8) is 0 Å². The Morgan fingerprint density at radius 2 is 1.72 bits per heavy atom. The van der Waals surface area contributed by atoms with Crippen LogP contribution < -0.4 is 14.2 Å². The van der Waals surface area contributed by atoms with E-state index in [1.165, 1.54) is 11.8 Å². The first-order chi connectivity index (χ1) is 15.6. The van der Waals surface area contributed by atoms with Crippen LogP contribution in [-0.4, -0.2) is 37.3 Å². The normalized spacial score (nSPS) is 16.1. The van der Waals surface area contributed by atoms with Gasteiger partial charge in [0.2, 0.25) is 5.75 Å². The summed E-state index contributed by atoms with van der Waals surface area (Å²) in [6.07, 6.45) is 3.38. The number of carbonyl (C=O) groups excluding carboxylic acids is 1. The molecule has 0 atom stereocenters. The highest BCUT2D eigenvalue weighted by Gasteiger charge is 2.34. The van der Waals surface area contributed by atoms with Crippen LogP contribution in [0.3, 0.4) is 0 Å². The lowest BCUT2D eigenvalue weighted by molar-refractivity contribution is -0.122. The predicted octanol–water partition coefficient (Wildman–Crippen LogP) is 5.11. The van der Waals surface area contributed by atoms with Crippen LogP contribution in [0.2, 0.25) is 0 Å². The highest BCUT2D eigenvalue weighted by Crippen LogP contribution is 2.40. The molecule has 0 aliphatic carbocycles. The Morgan fingerprint density at radius 1 is 1.00 bits per heavy atom. The van der Waals surface area contributed by atoms with Crippen LogP contribution >= 0.6 is 11.8 Å². The molecule has 1 aromatic heterocycles. The topological polar surface area (TPSA) is 73.5 Å². The molecule has 4 rings (SSSR count). The van der Waals surface area contributed by atoms with Gasteiger partial charge in [0.05, 0.1) is 44.7 Å². The van der Waals surface area contributed by atoms with Crippen LogP contribution in [0.4, 0.5) is 5.69 Å². The number of methoxy groups -OCH3 is 3. The van der Waals surface area contributed by atoms with Gasteiger partial charge in [-0.1, -0.05) is 18.2 Å². The number of ether oxygens (including phenoxy) is 3. The van der Waals surface area contributed by atoms with Gasteiger partial charge in [-0.2, -0.15) is 0 Å². The van der Waals surface area contributed by atoms with Gasteiger partial charge in [0.15, 0.2) is 16.7 Å². The van der Waals surface area contributed by atoms with Gasteiger partial charge in [0, 0.05) is 0 Å². The van der Waals surface area contributed by atoms with Gasteiger partial charge < -0.3 is 18.6 Å². The Kier molecular flexibility index (Phi) is 6.51. The first-order valence-electron chi connectivity index (χ1n) is 9.80. The summed E-state index contributed by atoms with van der Waals surface area (Å²) in [5.41, 5.74) is 1.51. The zero-order valence-electron chi connectivity index (χ0n) is 17.9. The zero-order valence-corrected chi connectivity index (χ0v) is 18.7. The Bertz CT molecular complexity index is 1130. The lowest BCUT2D eigenvalue weighted by atomic mass is 10.1. The number of hydrogen-bond donors (Lipinski definition) is 0. The number of amides is 1. The third kappa shape index (κ3) is 4.50. The molecule has 1 aliphatic heterocycles. The summed E-state index contributed by atoms with van der Waals surface area (Å²) in [5, 5.41) is 0.580. The molecule has 164 valence electrons. The van der Waals surface area contributed by atoms with Gasteiger partial charge in [-0.05, 0) is 59.8 Å². The number of benzene rings is 2. The fraction of sp³-hybridized carbons (Fsp3) is 0.167. The standard InChI is InChI=1S/C24H22N2O5S/c1-28-19-12-16(13-20(29-2)22(19)30-3)14-21-23(27)26(15-18-10-7-11-31-18)24(32-21)25-17-8-5-4-6-9-17/h4-14H,15H2,1-3H3/b21-14-,25-24?. The highest BCUT2D eigenvalue weighted by molar-refractivity contribution is 8.18. The Balaban J connectivity index is 1.72. The quantitative estimate of drug-likeness (QED) is 0.466. The molecule has 1 fully saturated rings. The fourth-order valence-corrected chi connectivity index (χ4v) is 4.24. The summed E-state index contributed by atoms with van der Waals surface area (Å²) >= 11 is 1.31. The number of aliphatic imine (C=N–C) groups is 1. The highest BCUT2D eigenvalue weighted by atomic mass is 32.2. The molecular formula is C24H22N2O5S. The predicted molar refractivity (Wildman–Crippen MR) is 124 cm³/mol. The number of furan rings is 1. The summed E-state index contributed by atoms with van der Waals surface area (Å²) in [6.45, 7) is 0.289. The molecule has 0 bridgehead atoms. The molecule has 7 nitrogen and oxygen atoms in total. The van der Waals surface area contributed by atoms with Gasteiger partial charge in [-0.3, -0.25) is 9.69 Å². The first-order valence-corrected chi connectivity index (χ1v) is 10.6. The van der Waals surface area contributed by atoms with E-state index in [1.54, 1.807) is 56.8 Å². The van der Waals surface area contributed by atoms with Crippen molar-refractivity contribution in [3.05, 3.63) is 77.1 Å². The van der Waals surface area contributed by atoms with Crippen molar-refractivity contribution >= 4 is 34.6 Å². The summed E-state index contributed by atoms with van der Waals surface area (Å²) in [4.78, 5) is 20.1. The van der Waals surface area contributed by atoms with Crippen molar-refractivity contribution in [3.8, 4) is 17.2 Å². The lowest BCUT2D eigenvalue weighted by Crippen LogP contribution is -2.28. The van der Waals surface area contributed by atoms with Crippen LogP contribution in [0.1, 0.15) is 11.3 Å². The second-order valence-electron chi connectivity index (χ2n) is 6.77. The second kappa shape index (κ2) is 9.65. The summed E-state index contributed by atoms with van der Waals surface area (Å²) < 4.78 is 21.7. The van der Waals surface area contributed by atoms with Crippen LogP contribution in [0, 0.1) is 0 Å². The van der Waals surface area contributed by atoms with Gasteiger partial charge in [0.25, 0.3) is 5.91 Å². The smallest absolute Gasteiger partial charge is 0.267 e. The number of amidine groups is 1. The molecule has 1 saturated heterocycles. The number of hydrogen-bond acceptors (Lipinski definition) is 7. The Morgan fingerprint density at radius 3 is 2.31 bits per heavy atom. The number of thioether (sulfide) groups is 1. The molecule has 2 heterocycles. The van der Waals surface area contributed by atoms with Crippen LogP contribution in [0.15, 0.2) is 75.2 Å². The minimum absolute atomic E-state index is 0.158. The number of carbonyl (C=O) groups is 1. The minimum Gasteiger partial charge on any atom is -0.493 e. The van der Waals surface area contributed by atoms with Gasteiger partial charge in [-0.15, -0.1) is 0 Å². The molecular weight excluding hydrogens is 428 g/mol. The van der Waals surface area contributed by atoms with E-state index >= 15 is 0 Å². The zero-order chi connectivity index (χ0) is 22.5. The largest absolute Gasteiger partial charge is 0.493 e. The van der Waals surface area contributed by atoms with Crippen molar-refractivity contribution in [2.75, 3.05) is 21.3 Å². The van der Waals surface area contributed by atoms with Gasteiger partial charge in [-0.25, -0.2) is 4.99 Å². The Labute approximate surface area is 190 Å². The van der Waals surface area contributed by atoms with Crippen molar-refractivity contribution in [2.24, 2.45) is 4.99 Å². The fourth-order valence-electron chi connectivity index (χ4n) is 3.24. The number of nitrogens with zero attached hydrogens (tertiary/aromatic N) is 2.